The number of fused-ring (bicyclic) bond motifs is 10. The van der Waals surface area contributed by atoms with E-state index in [0.717, 1.165) is 75.3 Å². The van der Waals surface area contributed by atoms with Crippen molar-refractivity contribution in [1.29, 1.82) is 0 Å². The standard InChI is InChI=1S/C33H41NO4.C28H38N2O4/c1-32-20-18-29(35)34-27(32)15-13-24-25-14-16-28(33(25,2)19-17-26(24)32)37-21-30(36)38-31(22-9-5-3-6-10-22)23-11-7-4-8-12-23;1-17(31)19-5-7-20(8-6-19)30(18(2)32)34-25-12-10-22-21-9-11-24-27(3,16-14-26(33)29-24)23(21)13-15-28(22,25)4/h3-12,24-28,31H,13-21H2,1-2H3,(H,34,35);5-8,21-25H,9-16H2,1-4H3,(H,29,33)/t24?,25?,26?,27?,28-,32+,33-;21?,22?,23?,24-,25+,27-,28+/m01/s1. The van der Waals surface area contributed by atoms with E-state index in [0.29, 0.717) is 71.7 Å². The summed E-state index contributed by atoms with van der Waals surface area (Å²) in [6.07, 6.45) is 16.3. The Balaban J connectivity index is 0.000000167. The lowest BCUT2D eigenvalue weighted by Gasteiger charge is -2.60. The van der Waals surface area contributed by atoms with E-state index in [1.807, 2.05) is 60.7 Å². The number of hydroxylamine groups is 1. The van der Waals surface area contributed by atoms with Crippen molar-refractivity contribution in [2.45, 2.75) is 175 Å². The normalized spacial score (nSPS) is 37.4. The molecular formula is C61H79N3O8. The highest BCUT2D eigenvalue weighted by Gasteiger charge is 2.63. The van der Waals surface area contributed by atoms with E-state index in [-0.39, 0.29) is 69.9 Å². The number of piperidine rings is 2. The van der Waals surface area contributed by atoms with Crippen LogP contribution in [0.15, 0.2) is 84.9 Å². The molecule has 11 nitrogen and oxygen atoms in total. The predicted octanol–water partition coefficient (Wildman–Crippen LogP) is 11.3. The summed E-state index contributed by atoms with van der Waals surface area (Å²) in [5, 5.41) is 8.07. The minimum Gasteiger partial charge on any atom is -0.451 e. The lowest BCUT2D eigenvalue weighted by Crippen LogP contribution is -2.61. The monoisotopic (exact) mass is 982 g/mol. The molecule has 0 aromatic heterocycles. The fourth-order valence-corrected chi connectivity index (χ4v) is 16.9. The van der Waals surface area contributed by atoms with Gasteiger partial charge in [-0.05, 0) is 189 Å². The molecule has 2 aliphatic heterocycles. The molecule has 2 saturated heterocycles. The molecule has 2 N–H and O–H groups in total. The summed E-state index contributed by atoms with van der Waals surface area (Å²) in [7, 11) is 0. The van der Waals surface area contributed by atoms with Gasteiger partial charge in [0.1, 0.15) is 6.61 Å². The zero-order valence-electron chi connectivity index (χ0n) is 43.7. The molecule has 7 unspecified atom stereocenters. The van der Waals surface area contributed by atoms with Gasteiger partial charge in [0.2, 0.25) is 17.7 Å². The molecule has 3 aromatic carbocycles. The number of ketones is 1. The number of hydrogen-bond donors (Lipinski definition) is 2. The molecule has 11 heteroatoms. The first-order chi connectivity index (χ1) is 34.5. The van der Waals surface area contributed by atoms with E-state index in [1.165, 1.54) is 37.7 Å². The minimum atomic E-state index is -0.442. The van der Waals surface area contributed by atoms with Gasteiger partial charge in [0, 0.05) is 37.4 Å². The third-order valence-corrected chi connectivity index (χ3v) is 20.9. The summed E-state index contributed by atoms with van der Waals surface area (Å²) in [5.74, 6) is 3.86. The first-order valence-electron chi connectivity index (χ1n) is 27.6. The molecule has 0 spiro atoms. The molecule has 6 aliphatic carbocycles. The van der Waals surface area contributed by atoms with E-state index in [2.05, 4.69) is 38.3 Å². The Kier molecular flexibility index (Phi) is 14.1. The van der Waals surface area contributed by atoms with Crippen LogP contribution in [0.3, 0.4) is 0 Å². The van der Waals surface area contributed by atoms with Crippen LogP contribution in [0.2, 0.25) is 0 Å². The predicted molar refractivity (Wildman–Crippen MR) is 276 cm³/mol. The van der Waals surface area contributed by atoms with Gasteiger partial charge < -0.3 is 20.1 Å². The van der Waals surface area contributed by atoms with Gasteiger partial charge in [-0.2, -0.15) is 5.06 Å². The van der Waals surface area contributed by atoms with Gasteiger partial charge in [-0.1, -0.05) is 88.4 Å². The maximum absolute atomic E-state index is 13.1. The van der Waals surface area contributed by atoms with Gasteiger partial charge in [0.05, 0.1) is 17.9 Å². The van der Waals surface area contributed by atoms with E-state index in [9.17, 15) is 24.0 Å². The second-order valence-electron chi connectivity index (χ2n) is 24.4. The SMILES string of the molecule is CC(=O)c1ccc(N(O[C@H]2CCC3C4CC[C@H]5NC(=O)CC[C@]5(C)C4CC[C@@]32C)C(C)=O)cc1.C[C@]12CCC(=O)NC1CCC1C2CC[C@@]2(C)C1CC[C@@H]2OCC(=O)OC(c1ccccc1)c1ccccc1. The van der Waals surface area contributed by atoms with Crippen LogP contribution in [-0.2, 0) is 33.5 Å². The number of esters is 1. The number of hydrogen-bond acceptors (Lipinski definition) is 8. The highest BCUT2D eigenvalue weighted by molar-refractivity contribution is 5.95. The fourth-order valence-electron chi connectivity index (χ4n) is 16.9. The van der Waals surface area contributed by atoms with Gasteiger partial charge in [-0.3, -0.25) is 24.0 Å². The van der Waals surface area contributed by atoms with Crippen molar-refractivity contribution in [3.63, 3.8) is 0 Å². The molecule has 14 atom stereocenters. The summed E-state index contributed by atoms with van der Waals surface area (Å²) in [6, 6.07) is 27.6. The Bertz CT molecular complexity index is 2440. The number of benzene rings is 3. The van der Waals surface area contributed by atoms with Crippen LogP contribution in [0.25, 0.3) is 0 Å². The van der Waals surface area contributed by atoms with Crippen molar-refractivity contribution in [3.8, 4) is 0 Å². The van der Waals surface area contributed by atoms with Crippen molar-refractivity contribution in [2.75, 3.05) is 11.7 Å². The maximum Gasteiger partial charge on any atom is 0.333 e. The van der Waals surface area contributed by atoms with Gasteiger partial charge >= 0.3 is 5.97 Å². The molecule has 72 heavy (non-hydrogen) atoms. The quantitative estimate of drug-likeness (QED) is 0.116. The zero-order valence-corrected chi connectivity index (χ0v) is 43.7. The van der Waals surface area contributed by atoms with Crippen molar-refractivity contribution < 1.29 is 38.3 Å². The molecular weight excluding hydrogens is 903 g/mol. The average molecular weight is 982 g/mol. The number of carbonyl (C=O) groups excluding carboxylic acids is 5. The zero-order chi connectivity index (χ0) is 50.6. The van der Waals surface area contributed by atoms with Crippen LogP contribution in [0.5, 0.6) is 0 Å². The number of carbonyl (C=O) groups is 5. The number of Topliss-reactive ketones (excluding diaryl/α,β-unsaturated/α-hetero) is 1. The lowest BCUT2D eigenvalue weighted by molar-refractivity contribution is -0.162. The molecule has 2 heterocycles. The van der Waals surface area contributed by atoms with Crippen molar-refractivity contribution in [2.24, 2.45) is 57.2 Å². The third kappa shape index (κ3) is 9.25. The number of rotatable bonds is 10. The molecule has 8 aliphatic rings. The Hall–Kier alpha value is -4.87. The van der Waals surface area contributed by atoms with Gasteiger partial charge in [-0.15, -0.1) is 0 Å². The summed E-state index contributed by atoms with van der Waals surface area (Å²) >= 11 is 0. The molecule has 0 bridgehead atoms. The Morgan fingerprint density at radius 2 is 1.04 bits per heavy atom. The van der Waals surface area contributed by atoms with Crippen LogP contribution >= 0.6 is 0 Å². The van der Waals surface area contributed by atoms with Crippen LogP contribution in [0.1, 0.15) is 172 Å². The maximum atomic E-state index is 13.1. The highest BCUT2D eigenvalue weighted by Crippen LogP contribution is 2.66. The Morgan fingerprint density at radius 1 is 0.569 bits per heavy atom. The minimum absolute atomic E-state index is 0.00528. The van der Waals surface area contributed by atoms with E-state index >= 15 is 0 Å². The van der Waals surface area contributed by atoms with Crippen molar-refractivity contribution in [1.82, 2.24) is 10.6 Å². The van der Waals surface area contributed by atoms with Crippen LogP contribution < -0.4 is 15.7 Å². The van der Waals surface area contributed by atoms with Crippen molar-refractivity contribution >= 4 is 35.2 Å². The van der Waals surface area contributed by atoms with E-state index in [1.54, 1.807) is 31.2 Å². The third-order valence-electron chi connectivity index (χ3n) is 20.9. The smallest absolute Gasteiger partial charge is 0.333 e. The molecule has 6 saturated carbocycles. The van der Waals surface area contributed by atoms with Crippen molar-refractivity contribution in [3.05, 3.63) is 102 Å². The lowest BCUT2D eigenvalue weighted by atomic mass is 9.47. The highest BCUT2D eigenvalue weighted by atomic mass is 16.7. The first kappa shape index (κ1) is 50.7. The fraction of sp³-hybridized carbons (Fsp3) is 0.623. The van der Waals surface area contributed by atoms with Crippen LogP contribution in [0, 0.1) is 57.2 Å². The summed E-state index contributed by atoms with van der Waals surface area (Å²) in [5.41, 5.74) is 3.76. The molecule has 3 aromatic rings. The molecule has 386 valence electrons. The largest absolute Gasteiger partial charge is 0.451 e. The average Bonchev–Trinajstić information content (AvgIpc) is 3.90. The van der Waals surface area contributed by atoms with Gasteiger partial charge in [-0.25, -0.2) is 4.79 Å². The van der Waals surface area contributed by atoms with Gasteiger partial charge in [0.25, 0.3) is 0 Å². The number of amides is 3. The molecule has 3 amide bonds. The number of nitrogens with one attached hydrogen (secondary N) is 2. The first-order valence-corrected chi connectivity index (χ1v) is 27.6. The van der Waals surface area contributed by atoms with E-state index < -0.39 is 6.10 Å². The van der Waals surface area contributed by atoms with E-state index in [4.69, 9.17) is 14.3 Å². The second kappa shape index (κ2) is 20.1. The molecule has 11 rings (SSSR count). The number of anilines is 1. The van der Waals surface area contributed by atoms with Gasteiger partial charge in [0.15, 0.2) is 11.9 Å². The second-order valence-corrected chi connectivity index (χ2v) is 24.4. The topological polar surface area (TPSA) is 140 Å². The van der Waals surface area contributed by atoms with Crippen LogP contribution in [-0.4, -0.2) is 60.4 Å². The molecule has 0 radical (unpaired) electrons. The van der Waals surface area contributed by atoms with Crippen LogP contribution in [0.4, 0.5) is 5.69 Å². The summed E-state index contributed by atoms with van der Waals surface area (Å²) in [4.78, 5) is 67.9. The summed E-state index contributed by atoms with van der Waals surface area (Å²) in [6.45, 7) is 12.7. The number of ether oxygens (including phenoxy) is 2. The number of nitrogens with zero attached hydrogens (tertiary/aromatic N) is 1. The summed E-state index contributed by atoms with van der Waals surface area (Å²) < 4.78 is 12.4. The Morgan fingerprint density at radius 3 is 1.53 bits per heavy atom. The Labute approximate surface area is 427 Å². The molecule has 8 fully saturated rings.